The second kappa shape index (κ2) is 11.3. The van der Waals surface area contributed by atoms with Crippen molar-refractivity contribution in [2.45, 2.75) is 6.17 Å². The number of aromatic nitrogens is 1. The van der Waals surface area contributed by atoms with E-state index in [1.165, 1.54) is 35.5 Å². The highest BCUT2D eigenvalue weighted by Crippen LogP contribution is 2.28. The minimum atomic E-state index is -1.41. The lowest BCUT2D eigenvalue weighted by Crippen LogP contribution is -2.50. The van der Waals surface area contributed by atoms with Gasteiger partial charge in [-0.05, 0) is 30.3 Å². The van der Waals surface area contributed by atoms with E-state index < -0.39 is 29.8 Å². The smallest absolute Gasteiger partial charge is 0.321 e. The van der Waals surface area contributed by atoms with Crippen molar-refractivity contribution in [3.05, 3.63) is 120 Å². The highest BCUT2D eigenvalue weighted by Gasteiger charge is 2.34. The number of nitrogens with zero attached hydrogens (tertiary/aromatic N) is 3. The summed E-state index contributed by atoms with van der Waals surface area (Å²) >= 11 is 0. The summed E-state index contributed by atoms with van der Waals surface area (Å²) < 4.78 is 14.1. The molecule has 0 unspecified atom stereocenters. The van der Waals surface area contributed by atoms with Crippen LogP contribution in [0.5, 0.6) is 0 Å². The van der Waals surface area contributed by atoms with E-state index in [1.807, 2.05) is 30.3 Å². The molecule has 4 amide bonds. The number of amides is 4. The number of carbonyl (C=O) groups excluding carboxylic acids is 3. The normalized spacial score (nSPS) is 14.5. The summed E-state index contributed by atoms with van der Waals surface area (Å²) in [6.45, 7) is -0.344. The van der Waals surface area contributed by atoms with Crippen molar-refractivity contribution >= 4 is 40.6 Å². The monoisotopic (exact) mass is 522 g/mol. The molecule has 1 aromatic heterocycles. The molecular formula is C29H23FN6O3. The number of hydrogen-bond acceptors (Lipinski definition) is 5. The molecule has 1 aliphatic rings. The number of nitrogens with one attached hydrogen (secondary N) is 3. The van der Waals surface area contributed by atoms with E-state index >= 15 is 0 Å². The highest BCUT2D eigenvalue weighted by atomic mass is 19.1. The maximum atomic E-state index is 14.1. The average Bonchev–Trinajstić information content (AvgIpc) is 3.06. The number of halogens is 1. The summed E-state index contributed by atoms with van der Waals surface area (Å²) in [5.41, 5.74) is 2.68. The second-order valence-corrected chi connectivity index (χ2v) is 8.55. The number of carbonyl (C=O) groups is 3. The van der Waals surface area contributed by atoms with Crippen molar-refractivity contribution in [2.75, 3.05) is 22.1 Å². The van der Waals surface area contributed by atoms with Crippen LogP contribution in [0.4, 0.5) is 26.2 Å². The average molecular weight is 523 g/mol. The zero-order chi connectivity index (χ0) is 27.2. The van der Waals surface area contributed by atoms with Crippen molar-refractivity contribution in [2.24, 2.45) is 4.99 Å². The second-order valence-electron chi connectivity index (χ2n) is 8.55. The molecule has 9 nitrogen and oxygen atoms in total. The van der Waals surface area contributed by atoms with Gasteiger partial charge in [0.2, 0.25) is 12.1 Å². The largest absolute Gasteiger partial charge is 0.324 e. The Balaban J connectivity index is 1.50. The molecule has 2 heterocycles. The van der Waals surface area contributed by atoms with Gasteiger partial charge in [0.05, 0.1) is 17.1 Å². The van der Waals surface area contributed by atoms with Gasteiger partial charge in [-0.15, -0.1) is 0 Å². The van der Waals surface area contributed by atoms with Crippen LogP contribution in [0.2, 0.25) is 0 Å². The van der Waals surface area contributed by atoms with E-state index in [-0.39, 0.29) is 12.2 Å². The lowest BCUT2D eigenvalue weighted by Gasteiger charge is -2.25. The van der Waals surface area contributed by atoms with E-state index in [4.69, 9.17) is 0 Å². The Morgan fingerprint density at radius 1 is 0.846 bits per heavy atom. The number of benzodiazepines with no additional fused rings is 1. The van der Waals surface area contributed by atoms with E-state index in [9.17, 15) is 18.8 Å². The fourth-order valence-electron chi connectivity index (χ4n) is 4.14. The van der Waals surface area contributed by atoms with E-state index in [0.717, 1.165) is 0 Å². The molecule has 194 valence electrons. The summed E-state index contributed by atoms with van der Waals surface area (Å²) in [7, 11) is 0. The number of rotatable bonds is 6. The van der Waals surface area contributed by atoms with Gasteiger partial charge in [0.1, 0.15) is 12.4 Å². The molecule has 3 aromatic carbocycles. The molecule has 4 aromatic rings. The summed E-state index contributed by atoms with van der Waals surface area (Å²) in [5, 5.41) is 7.70. The molecule has 0 saturated heterocycles. The molecule has 1 atom stereocenters. The molecule has 5 rings (SSSR count). The Bertz CT molecular complexity index is 1550. The van der Waals surface area contributed by atoms with Gasteiger partial charge in [-0.25, -0.2) is 14.2 Å². The molecule has 0 radical (unpaired) electrons. The quantitative estimate of drug-likeness (QED) is 0.352. The van der Waals surface area contributed by atoms with E-state index in [2.05, 4.69) is 25.9 Å². The third kappa shape index (κ3) is 5.80. The SMILES string of the molecule is O=C(CN1C(=O)[C@@H](NC(=O)Nc2ccccc2F)N=C(c2ccccc2)c2ccccc21)Nc1ccncc1. The minimum absolute atomic E-state index is 0.0554. The number of aliphatic imine (C=N–C) groups is 1. The zero-order valence-electron chi connectivity index (χ0n) is 20.5. The molecule has 1 aliphatic heterocycles. The Morgan fingerprint density at radius 3 is 2.31 bits per heavy atom. The Hall–Kier alpha value is -5.38. The summed E-state index contributed by atoms with van der Waals surface area (Å²) in [6, 6.07) is 24.4. The number of para-hydroxylation sites is 2. The maximum Gasteiger partial charge on any atom is 0.321 e. The standard InChI is InChI=1S/C29H23FN6O3/c30-22-11-5-6-12-23(22)33-29(39)35-27-28(38)36(18-25(37)32-20-14-16-31-17-15-20)24-13-7-4-10-21(24)26(34-27)19-8-2-1-3-9-19/h1-17,27H,18H2,(H,31,32,37)(H2,33,35,39)/t27-/m1/s1. The van der Waals surface area contributed by atoms with Gasteiger partial charge >= 0.3 is 6.03 Å². The number of urea groups is 1. The molecule has 39 heavy (non-hydrogen) atoms. The number of pyridine rings is 1. The zero-order valence-corrected chi connectivity index (χ0v) is 20.5. The number of fused-ring (bicyclic) bond motifs is 1. The van der Waals surface area contributed by atoms with Gasteiger partial charge in [-0.1, -0.05) is 60.7 Å². The Labute approximate surface area is 223 Å². The third-order valence-corrected chi connectivity index (χ3v) is 5.91. The molecule has 10 heteroatoms. The summed E-state index contributed by atoms with van der Waals surface area (Å²) in [6.07, 6.45) is 1.67. The fraction of sp³-hybridized carbons (Fsp3) is 0.0690. The van der Waals surface area contributed by atoms with Crippen molar-refractivity contribution in [1.82, 2.24) is 10.3 Å². The van der Waals surface area contributed by atoms with Crippen LogP contribution in [-0.2, 0) is 9.59 Å². The maximum absolute atomic E-state index is 14.1. The molecule has 3 N–H and O–H groups in total. The first-order valence-corrected chi connectivity index (χ1v) is 12.1. The van der Waals surface area contributed by atoms with Gasteiger partial charge < -0.3 is 16.0 Å². The van der Waals surface area contributed by atoms with Crippen LogP contribution in [0.1, 0.15) is 11.1 Å². The van der Waals surface area contributed by atoms with Gasteiger partial charge in [-0.3, -0.25) is 19.5 Å². The van der Waals surface area contributed by atoms with Crippen molar-refractivity contribution in [1.29, 1.82) is 0 Å². The van der Waals surface area contributed by atoms with Gasteiger partial charge in [0, 0.05) is 29.2 Å². The van der Waals surface area contributed by atoms with Crippen LogP contribution in [0.25, 0.3) is 0 Å². The van der Waals surface area contributed by atoms with Crippen LogP contribution in [0.15, 0.2) is 108 Å². The minimum Gasteiger partial charge on any atom is -0.324 e. The first kappa shape index (κ1) is 25.3. The predicted octanol–water partition coefficient (Wildman–Crippen LogP) is 4.19. The lowest BCUT2D eigenvalue weighted by molar-refractivity contribution is -0.122. The van der Waals surface area contributed by atoms with E-state index in [1.54, 1.807) is 42.5 Å². The first-order chi connectivity index (χ1) is 19.0. The topological polar surface area (TPSA) is 116 Å². The number of benzene rings is 3. The predicted molar refractivity (Wildman–Crippen MR) is 146 cm³/mol. The van der Waals surface area contributed by atoms with Crippen molar-refractivity contribution < 1.29 is 18.8 Å². The van der Waals surface area contributed by atoms with Crippen LogP contribution >= 0.6 is 0 Å². The number of hydrogen-bond donors (Lipinski definition) is 3. The molecular weight excluding hydrogens is 499 g/mol. The van der Waals surface area contributed by atoms with E-state index in [0.29, 0.717) is 28.2 Å². The molecule has 0 fully saturated rings. The summed E-state index contributed by atoms with van der Waals surface area (Å²) in [5.74, 6) is -1.72. The molecule has 0 aliphatic carbocycles. The summed E-state index contributed by atoms with van der Waals surface area (Å²) in [4.78, 5) is 49.5. The van der Waals surface area contributed by atoms with Gasteiger partial charge in [0.25, 0.3) is 5.91 Å². The van der Waals surface area contributed by atoms with Crippen molar-refractivity contribution in [3.63, 3.8) is 0 Å². The molecule has 0 bridgehead atoms. The van der Waals surface area contributed by atoms with Crippen LogP contribution < -0.4 is 20.9 Å². The first-order valence-electron chi connectivity index (χ1n) is 12.1. The van der Waals surface area contributed by atoms with Crippen molar-refractivity contribution in [3.8, 4) is 0 Å². The molecule has 0 spiro atoms. The van der Waals surface area contributed by atoms with Crippen LogP contribution in [-0.4, -0.2) is 41.3 Å². The Morgan fingerprint density at radius 2 is 1.54 bits per heavy atom. The van der Waals surface area contributed by atoms with Crippen LogP contribution in [0, 0.1) is 5.82 Å². The number of anilines is 3. The molecule has 0 saturated carbocycles. The third-order valence-electron chi connectivity index (χ3n) is 5.91. The highest BCUT2D eigenvalue weighted by molar-refractivity contribution is 6.21. The van der Waals surface area contributed by atoms with Gasteiger partial charge in [0.15, 0.2) is 0 Å². The fourth-order valence-corrected chi connectivity index (χ4v) is 4.14. The van der Waals surface area contributed by atoms with Crippen LogP contribution in [0.3, 0.4) is 0 Å². The lowest BCUT2D eigenvalue weighted by atomic mass is 10.0. The Kier molecular flexibility index (Phi) is 7.35. The van der Waals surface area contributed by atoms with Gasteiger partial charge in [-0.2, -0.15) is 0 Å².